The second-order valence-electron chi connectivity index (χ2n) is 3.16. The minimum atomic E-state index is 0.0854. The molecular weight excluding hydrogens is 184 g/mol. The van der Waals surface area contributed by atoms with Crippen molar-refractivity contribution in [3.63, 3.8) is 0 Å². The zero-order chi connectivity index (χ0) is 9.80. The number of carbonyl (C=O) groups is 1. The van der Waals surface area contributed by atoms with Crippen LogP contribution in [0.1, 0.15) is 5.69 Å². The number of amides is 1. The zero-order valence-corrected chi connectivity index (χ0v) is 7.81. The molecule has 0 spiro atoms. The van der Waals surface area contributed by atoms with Crippen molar-refractivity contribution in [3.05, 3.63) is 18.0 Å². The number of hydrogen-bond donors (Lipinski definition) is 0. The van der Waals surface area contributed by atoms with Crippen molar-refractivity contribution >= 4 is 5.91 Å². The Kier molecular flexibility index (Phi) is 2.78. The Morgan fingerprint density at radius 1 is 1.50 bits per heavy atom. The highest BCUT2D eigenvalue weighted by Gasteiger charge is 2.17. The summed E-state index contributed by atoms with van der Waals surface area (Å²) in [6.45, 7) is 2.61. The van der Waals surface area contributed by atoms with Crippen molar-refractivity contribution in [2.45, 2.75) is 6.42 Å². The lowest BCUT2D eigenvalue weighted by atomic mass is 10.2. The molecule has 1 aromatic rings. The molecule has 0 bridgehead atoms. The van der Waals surface area contributed by atoms with Gasteiger partial charge in [0, 0.05) is 19.2 Å². The van der Waals surface area contributed by atoms with Crippen LogP contribution in [0.4, 0.5) is 0 Å². The first-order valence-corrected chi connectivity index (χ1v) is 4.61. The molecule has 0 aromatic carbocycles. The molecule has 0 unspecified atom stereocenters. The van der Waals surface area contributed by atoms with Crippen molar-refractivity contribution in [3.8, 4) is 0 Å². The molecule has 1 fully saturated rings. The van der Waals surface area contributed by atoms with E-state index < -0.39 is 0 Å². The third-order valence-electron chi connectivity index (χ3n) is 2.19. The fourth-order valence-electron chi connectivity index (χ4n) is 1.41. The van der Waals surface area contributed by atoms with E-state index in [4.69, 9.17) is 4.74 Å². The monoisotopic (exact) mass is 196 g/mol. The fraction of sp³-hybridized carbons (Fsp3) is 0.556. The summed E-state index contributed by atoms with van der Waals surface area (Å²) >= 11 is 0. The van der Waals surface area contributed by atoms with Gasteiger partial charge in [-0.15, -0.1) is 0 Å². The molecule has 0 atom stereocenters. The Bertz CT molecular complexity index is 291. The van der Waals surface area contributed by atoms with E-state index in [0.717, 1.165) is 0 Å². The maximum atomic E-state index is 11.7. The number of aromatic nitrogens is 1. The molecular formula is C9H12N2O3. The number of morpholine rings is 1. The van der Waals surface area contributed by atoms with Crippen LogP contribution in [-0.4, -0.2) is 42.3 Å². The molecule has 0 N–H and O–H groups in total. The van der Waals surface area contributed by atoms with Crippen LogP contribution in [0.5, 0.6) is 0 Å². The molecule has 1 aromatic heterocycles. The first-order chi connectivity index (χ1) is 6.86. The van der Waals surface area contributed by atoms with E-state index in [9.17, 15) is 4.79 Å². The van der Waals surface area contributed by atoms with Crippen molar-refractivity contribution in [2.75, 3.05) is 26.3 Å². The van der Waals surface area contributed by atoms with E-state index in [1.807, 2.05) is 0 Å². The second kappa shape index (κ2) is 4.23. The maximum absolute atomic E-state index is 11.7. The molecule has 76 valence electrons. The van der Waals surface area contributed by atoms with Crippen LogP contribution >= 0.6 is 0 Å². The van der Waals surface area contributed by atoms with Crippen LogP contribution in [0, 0.1) is 0 Å². The van der Waals surface area contributed by atoms with Crippen LogP contribution in [0.3, 0.4) is 0 Å². The van der Waals surface area contributed by atoms with Gasteiger partial charge in [0.1, 0.15) is 6.26 Å². The topological polar surface area (TPSA) is 55.6 Å². The van der Waals surface area contributed by atoms with Gasteiger partial charge >= 0.3 is 0 Å². The first-order valence-electron chi connectivity index (χ1n) is 4.61. The van der Waals surface area contributed by atoms with Crippen molar-refractivity contribution in [1.29, 1.82) is 0 Å². The van der Waals surface area contributed by atoms with Gasteiger partial charge in [0.15, 0.2) is 0 Å². The highest BCUT2D eigenvalue weighted by atomic mass is 16.5. The summed E-state index contributed by atoms with van der Waals surface area (Å²) in [5.74, 6) is 0.0854. The molecule has 1 saturated heterocycles. The molecule has 0 saturated carbocycles. The van der Waals surface area contributed by atoms with Crippen LogP contribution in [0.2, 0.25) is 0 Å². The predicted octanol–water partition coefficient (Wildman–Crippen LogP) is 0.0759. The summed E-state index contributed by atoms with van der Waals surface area (Å²) in [6, 6.07) is 1.71. The Morgan fingerprint density at radius 2 is 2.29 bits per heavy atom. The van der Waals surface area contributed by atoms with E-state index >= 15 is 0 Å². The number of carbonyl (C=O) groups excluding carboxylic acids is 1. The SMILES string of the molecule is O=C(Cc1ccon1)N1CCOCC1. The van der Waals surface area contributed by atoms with Crippen LogP contribution < -0.4 is 0 Å². The van der Waals surface area contributed by atoms with Crippen molar-refractivity contribution in [1.82, 2.24) is 10.1 Å². The molecule has 14 heavy (non-hydrogen) atoms. The normalized spacial score (nSPS) is 17.0. The summed E-state index contributed by atoms with van der Waals surface area (Å²) in [7, 11) is 0. The third-order valence-corrected chi connectivity index (χ3v) is 2.19. The Morgan fingerprint density at radius 3 is 2.93 bits per heavy atom. The van der Waals surface area contributed by atoms with Gasteiger partial charge in [-0.25, -0.2) is 0 Å². The molecule has 1 amide bonds. The standard InChI is InChI=1S/C9H12N2O3/c12-9(7-8-1-4-14-10-8)11-2-5-13-6-3-11/h1,4H,2-3,5-7H2. The lowest BCUT2D eigenvalue weighted by Crippen LogP contribution is -2.41. The molecule has 0 aliphatic carbocycles. The number of nitrogens with zero attached hydrogens (tertiary/aromatic N) is 2. The van der Waals surface area contributed by atoms with Gasteiger partial charge in [0.25, 0.3) is 0 Å². The highest BCUT2D eigenvalue weighted by Crippen LogP contribution is 2.03. The van der Waals surface area contributed by atoms with Crippen LogP contribution in [0.25, 0.3) is 0 Å². The van der Waals surface area contributed by atoms with E-state index in [2.05, 4.69) is 9.68 Å². The average molecular weight is 196 g/mol. The minimum absolute atomic E-state index is 0.0854. The molecule has 1 aliphatic heterocycles. The number of ether oxygens (including phenoxy) is 1. The van der Waals surface area contributed by atoms with Gasteiger partial charge in [-0.2, -0.15) is 0 Å². The lowest BCUT2D eigenvalue weighted by molar-refractivity contribution is -0.134. The zero-order valence-electron chi connectivity index (χ0n) is 7.81. The molecule has 2 rings (SSSR count). The quantitative estimate of drug-likeness (QED) is 0.672. The summed E-state index contributed by atoms with van der Waals surface area (Å²) in [5, 5.41) is 3.70. The molecule has 5 nitrogen and oxygen atoms in total. The van der Waals surface area contributed by atoms with E-state index in [0.29, 0.717) is 38.4 Å². The van der Waals surface area contributed by atoms with Crippen LogP contribution in [0.15, 0.2) is 16.9 Å². The van der Waals surface area contributed by atoms with E-state index in [1.54, 1.807) is 11.0 Å². The third kappa shape index (κ3) is 2.11. The molecule has 1 aliphatic rings. The van der Waals surface area contributed by atoms with E-state index in [-0.39, 0.29) is 5.91 Å². The molecule has 2 heterocycles. The van der Waals surface area contributed by atoms with Gasteiger partial charge in [0.05, 0.1) is 25.3 Å². The average Bonchev–Trinajstić information content (AvgIpc) is 2.72. The number of hydrogen-bond acceptors (Lipinski definition) is 4. The van der Waals surface area contributed by atoms with Crippen molar-refractivity contribution in [2.24, 2.45) is 0 Å². The summed E-state index contributed by atoms with van der Waals surface area (Å²) in [5.41, 5.74) is 0.682. The van der Waals surface area contributed by atoms with E-state index in [1.165, 1.54) is 6.26 Å². The summed E-state index contributed by atoms with van der Waals surface area (Å²) in [4.78, 5) is 13.4. The number of rotatable bonds is 2. The minimum Gasteiger partial charge on any atom is -0.378 e. The predicted molar refractivity (Wildman–Crippen MR) is 47.6 cm³/mol. The summed E-state index contributed by atoms with van der Waals surface area (Å²) in [6.07, 6.45) is 1.79. The largest absolute Gasteiger partial charge is 0.378 e. The highest BCUT2D eigenvalue weighted by molar-refractivity contribution is 5.78. The smallest absolute Gasteiger partial charge is 0.228 e. The Balaban J connectivity index is 1.88. The fourth-order valence-corrected chi connectivity index (χ4v) is 1.41. The summed E-state index contributed by atoms with van der Waals surface area (Å²) < 4.78 is 9.81. The van der Waals surface area contributed by atoms with Crippen LogP contribution in [-0.2, 0) is 16.0 Å². The molecule has 5 heteroatoms. The van der Waals surface area contributed by atoms with Gasteiger partial charge < -0.3 is 14.2 Å². The first kappa shape index (κ1) is 9.21. The van der Waals surface area contributed by atoms with Gasteiger partial charge in [-0.3, -0.25) is 4.79 Å². The van der Waals surface area contributed by atoms with Crippen molar-refractivity contribution < 1.29 is 14.1 Å². The Labute approximate surface area is 81.6 Å². The van der Waals surface area contributed by atoms with Gasteiger partial charge in [0.2, 0.25) is 5.91 Å². The maximum Gasteiger partial charge on any atom is 0.228 e. The molecule has 0 radical (unpaired) electrons. The van der Waals surface area contributed by atoms with Gasteiger partial charge in [-0.1, -0.05) is 5.16 Å². The Hall–Kier alpha value is -1.36. The second-order valence-corrected chi connectivity index (χ2v) is 3.16. The van der Waals surface area contributed by atoms with Gasteiger partial charge in [-0.05, 0) is 0 Å². The lowest BCUT2D eigenvalue weighted by Gasteiger charge is -2.26.